The highest BCUT2D eigenvalue weighted by atomic mass is 19.4. The van der Waals surface area contributed by atoms with Crippen LogP contribution in [0.1, 0.15) is 13.3 Å². The average Bonchev–Trinajstić information content (AvgIpc) is 1.95. The van der Waals surface area contributed by atoms with E-state index in [2.05, 4.69) is 11.8 Å². The molecule has 14 heavy (non-hydrogen) atoms. The van der Waals surface area contributed by atoms with E-state index in [0.29, 0.717) is 0 Å². The largest absolute Gasteiger partial charge is 0.402 e. The third-order valence-electron chi connectivity index (χ3n) is 2.00. The van der Waals surface area contributed by atoms with Gasteiger partial charge in [0.2, 0.25) is 0 Å². The summed E-state index contributed by atoms with van der Waals surface area (Å²) in [6.07, 6.45) is -11.9. The lowest BCUT2D eigenvalue weighted by molar-refractivity contribution is -0.338. The van der Waals surface area contributed by atoms with Crippen LogP contribution in [-0.4, -0.2) is 19.0 Å². The van der Waals surface area contributed by atoms with Crippen molar-refractivity contribution in [2.75, 3.05) is 6.61 Å². The second-order valence-electron chi connectivity index (χ2n) is 2.99. The van der Waals surface area contributed by atoms with Crippen LogP contribution in [0.2, 0.25) is 0 Å². The highest BCUT2D eigenvalue weighted by Crippen LogP contribution is 2.52. The molecule has 0 amide bonds. The van der Waals surface area contributed by atoms with Crippen LogP contribution >= 0.6 is 0 Å². The predicted octanol–water partition coefficient (Wildman–Crippen LogP) is 3.32. The minimum absolute atomic E-state index is 0.103. The third-order valence-corrected chi connectivity index (χ3v) is 2.00. The van der Waals surface area contributed by atoms with E-state index in [4.69, 9.17) is 0 Å². The molecule has 0 aliphatic rings. The lowest BCUT2D eigenvalue weighted by Crippen LogP contribution is -2.48. The number of hydrogen-bond acceptors (Lipinski definition) is 1. The Balaban J connectivity index is 4.87. The molecular weight excluding hydrogens is 214 g/mol. The standard InChI is InChI=1S/C7H9F6O/c1-5(3-4-14-2,6(8,9)10)7(11,12)13/h2-4H2,1H3. The van der Waals surface area contributed by atoms with Gasteiger partial charge in [0.1, 0.15) is 0 Å². The van der Waals surface area contributed by atoms with Gasteiger partial charge in [0.05, 0.1) is 7.11 Å². The molecule has 0 saturated carbocycles. The second kappa shape index (κ2) is 3.96. The number of hydrogen-bond donors (Lipinski definition) is 0. The molecule has 0 N–H and O–H groups in total. The lowest BCUT2D eigenvalue weighted by atomic mass is 9.85. The summed E-state index contributed by atoms with van der Waals surface area (Å²) >= 11 is 0. The molecule has 0 fully saturated rings. The Morgan fingerprint density at radius 2 is 1.36 bits per heavy atom. The van der Waals surface area contributed by atoms with E-state index in [9.17, 15) is 26.3 Å². The van der Waals surface area contributed by atoms with Crippen molar-refractivity contribution in [3.8, 4) is 0 Å². The van der Waals surface area contributed by atoms with Gasteiger partial charge in [0.15, 0.2) is 5.41 Å². The minimum atomic E-state index is -5.34. The van der Waals surface area contributed by atoms with E-state index in [1.807, 2.05) is 0 Å². The molecule has 0 heterocycles. The Bertz CT molecular complexity index is 168. The normalized spacial score (nSPS) is 14.6. The molecule has 0 aromatic carbocycles. The monoisotopic (exact) mass is 223 g/mol. The van der Waals surface area contributed by atoms with Gasteiger partial charge >= 0.3 is 12.4 Å². The Morgan fingerprint density at radius 1 is 1.00 bits per heavy atom. The quantitative estimate of drug-likeness (QED) is 0.667. The number of rotatable bonds is 3. The molecule has 85 valence electrons. The van der Waals surface area contributed by atoms with Gasteiger partial charge in [-0.3, -0.25) is 0 Å². The summed E-state index contributed by atoms with van der Waals surface area (Å²) in [6.45, 7) is -0.596. The van der Waals surface area contributed by atoms with E-state index < -0.39 is 30.8 Å². The first-order valence-corrected chi connectivity index (χ1v) is 3.56. The maximum absolute atomic E-state index is 12.1. The third kappa shape index (κ3) is 2.52. The summed E-state index contributed by atoms with van der Waals surface area (Å²) in [4.78, 5) is 0. The highest BCUT2D eigenvalue weighted by molar-refractivity contribution is 4.89. The lowest BCUT2D eigenvalue weighted by Gasteiger charge is -2.33. The molecule has 0 aliphatic carbocycles. The van der Waals surface area contributed by atoms with Crippen LogP contribution in [0.3, 0.4) is 0 Å². The molecule has 0 spiro atoms. The summed E-state index contributed by atoms with van der Waals surface area (Å²) in [5.74, 6) is 0. The van der Waals surface area contributed by atoms with Crippen LogP contribution in [0.4, 0.5) is 26.3 Å². The molecule has 1 radical (unpaired) electrons. The van der Waals surface area contributed by atoms with Crippen molar-refractivity contribution in [3.05, 3.63) is 7.11 Å². The van der Waals surface area contributed by atoms with Crippen molar-refractivity contribution < 1.29 is 31.1 Å². The van der Waals surface area contributed by atoms with Crippen molar-refractivity contribution in [3.63, 3.8) is 0 Å². The Kier molecular flexibility index (Phi) is 3.83. The molecule has 0 unspecified atom stereocenters. The fraction of sp³-hybridized carbons (Fsp3) is 0.857. The van der Waals surface area contributed by atoms with Crippen LogP contribution in [0, 0.1) is 12.5 Å². The maximum Gasteiger partial charge on any atom is 0.402 e. The molecule has 7 heteroatoms. The maximum atomic E-state index is 12.1. The van der Waals surface area contributed by atoms with E-state index in [1.165, 1.54) is 0 Å². The van der Waals surface area contributed by atoms with Gasteiger partial charge in [0.25, 0.3) is 0 Å². The summed E-state index contributed by atoms with van der Waals surface area (Å²) in [5.41, 5.74) is -3.74. The average molecular weight is 223 g/mol. The van der Waals surface area contributed by atoms with E-state index >= 15 is 0 Å². The number of alkyl halides is 6. The topological polar surface area (TPSA) is 9.23 Å². The zero-order valence-corrected chi connectivity index (χ0v) is 7.30. The molecule has 0 bridgehead atoms. The number of ether oxygens (including phenoxy) is 1. The van der Waals surface area contributed by atoms with Crippen LogP contribution in [0.15, 0.2) is 0 Å². The van der Waals surface area contributed by atoms with E-state index in [-0.39, 0.29) is 6.92 Å². The van der Waals surface area contributed by atoms with Crippen LogP contribution in [-0.2, 0) is 4.74 Å². The first-order chi connectivity index (χ1) is 6.06. The van der Waals surface area contributed by atoms with Crippen LogP contribution < -0.4 is 0 Å². The van der Waals surface area contributed by atoms with Gasteiger partial charge in [0, 0.05) is 6.61 Å². The summed E-state index contributed by atoms with van der Waals surface area (Å²) in [7, 11) is 2.72. The van der Waals surface area contributed by atoms with Gasteiger partial charge in [-0.1, -0.05) is 0 Å². The molecule has 0 aromatic rings. The Hall–Kier alpha value is -0.460. The van der Waals surface area contributed by atoms with Crippen LogP contribution in [0.5, 0.6) is 0 Å². The zero-order valence-electron chi connectivity index (χ0n) is 7.30. The van der Waals surface area contributed by atoms with Crippen molar-refractivity contribution in [2.45, 2.75) is 25.7 Å². The van der Waals surface area contributed by atoms with Crippen molar-refractivity contribution in [2.24, 2.45) is 5.41 Å². The van der Waals surface area contributed by atoms with Gasteiger partial charge in [-0.25, -0.2) is 0 Å². The zero-order chi connectivity index (χ0) is 11.6. The van der Waals surface area contributed by atoms with Crippen LogP contribution in [0.25, 0.3) is 0 Å². The van der Waals surface area contributed by atoms with Crippen molar-refractivity contribution >= 4 is 0 Å². The Labute approximate surface area is 77.0 Å². The summed E-state index contributed by atoms with van der Waals surface area (Å²) in [6, 6.07) is 0. The smallest absolute Gasteiger partial charge is 0.379 e. The SMILES string of the molecule is [CH2]OCCC(C)(C(F)(F)F)C(F)(F)F. The molecule has 1 nitrogen and oxygen atoms in total. The second-order valence-corrected chi connectivity index (χ2v) is 2.99. The van der Waals surface area contributed by atoms with Gasteiger partial charge in [-0.15, -0.1) is 0 Å². The fourth-order valence-corrected chi connectivity index (χ4v) is 0.720. The van der Waals surface area contributed by atoms with Crippen molar-refractivity contribution in [1.29, 1.82) is 0 Å². The van der Waals surface area contributed by atoms with Gasteiger partial charge in [-0.2, -0.15) is 26.3 Å². The van der Waals surface area contributed by atoms with Gasteiger partial charge in [-0.05, 0) is 13.3 Å². The first-order valence-electron chi connectivity index (χ1n) is 3.56. The van der Waals surface area contributed by atoms with Crippen molar-refractivity contribution in [1.82, 2.24) is 0 Å². The highest BCUT2D eigenvalue weighted by Gasteiger charge is 2.66. The minimum Gasteiger partial charge on any atom is -0.379 e. The van der Waals surface area contributed by atoms with E-state index in [1.54, 1.807) is 0 Å². The molecule has 0 atom stereocenters. The molecular formula is C7H9F6O. The van der Waals surface area contributed by atoms with Gasteiger partial charge < -0.3 is 4.74 Å². The first kappa shape index (κ1) is 13.5. The molecule has 0 rings (SSSR count). The number of halogens is 6. The fourth-order valence-electron chi connectivity index (χ4n) is 0.720. The Morgan fingerprint density at radius 3 is 1.57 bits per heavy atom. The molecule has 0 aliphatic heterocycles. The predicted molar refractivity (Wildman–Crippen MR) is 36.1 cm³/mol. The molecule has 0 aromatic heterocycles. The summed E-state index contributed by atoms with van der Waals surface area (Å²) < 4.78 is 76.7. The summed E-state index contributed by atoms with van der Waals surface area (Å²) in [5, 5.41) is 0. The molecule has 0 saturated heterocycles. The van der Waals surface area contributed by atoms with E-state index in [0.717, 1.165) is 0 Å².